The third kappa shape index (κ3) is 23.3. The summed E-state index contributed by atoms with van der Waals surface area (Å²) < 4.78 is 0. The fourth-order valence-corrected chi connectivity index (χ4v) is 3.28. The molecule has 0 aliphatic carbocycles. The standard InChI is InChI=1S/C18H34O2.C6H15NO3/c1-2-3-4-5-6-7-8-9-10-11-12-13-14-15-16-17-18(19)20;1-4(8)7(5(2)9)6(3)10/h9-10H,2-8,11-17H2,1H3,(H,19,20);4-6,8-10H,1-3H3/b10-9-;. The summed E-state index contributed by atoms with van der Waals surface area (Å²) in [6, 6.07) is 0. The van der Waals surface area contributed by atoms with Gasteiger partial charge in [-0.1, -0.05) is 70.4 Å². The van der Waals surface area contributed by atoms with Gasteiger partial charge in [0.05, 0.1) is 0 Å². The lowest BCUT2D eigenvalue weighted by Gasteiger charge is -2.30. The Bertz CT molecular complexity index is 378. The van der Waals surface area contributed by atoms with E-state index < -0.39 is 24.7 Å². The van der Waals surface area contributed by atoms with Crippen molar-refractivity contribution in [1.29, 1.82) is 0 Å². The van der Waals surface area contributed by atoms with E-state index in [1.807, 2.05) is 0 Å². The average molecular weight is 432 g/mol. The first-order valence-corrected chi connectivity index (χ1v) is 11.9. The van der Waals surface area contributed by atoms with Gasteiger partial charge in [0, 0.05) is 6.42 Å². The van der Waals surface area contributed by atoms with Crippen molar-refractivity contribution >= 4 is 5.97 Å². The highest BCUT2D eigenvalue weighted by atomic mass is 16.4. The molecule has 0 aliphatic rings. The summed E-state index contributed by atoms with van der Waals surface area (Å²) in [6.45, 7) is 6.72. The second-order valence-corrected chi connectivity index (χ2v) is 8.07. The van der Waals surface area contributed by atoms with E-state index >= 15 is 0 Å². The minimum atomic E-state index is -0.833. The Morgan fingerprint density at radius 2 is 1.07 bits per heavy atom. The van der Waals surface area contributed by atoms with Crippen molar-refractivity contribution in [2.75, 3.05) is 0 Å². The van der Waals surface area contributed by atoms with Gasteiger partial charge in [-0.15, -0.1) is 0 Å². The summed E-state index contributed by atoms with van der Waals surface area (Å²) in [7, 11) is 0. The number of nitrogens with zero attached hydrogens (tertiary/aromatic N) is 1. The Balaban J connectivity index is 0. The monoisotopic (exact) mass is 431 g/mol. The van der Waals surface area contributed by atoms with Gasteiger partial charge in [0.1, 0.15) is 18.7 Å². The molecule has 0 saturated heterocycles. The maximum absolute atomic E-state index is 10.3. The lowest BCUT2D eigenvalue weighted by molar-refractivity contribution is -0.159. The van der Waals surface area contributed by atoms with Crippen LogP contribution in [0.5, 0.6) is 0 Å². The molecule has 0 rings (SSSR count). The molecule has 3 atom stereocenters. The molecule has 0 fully saturated rings. The first-order chi connectivity index (χ1) is 14.2. The summed E-state index contributed by atoms with van der Waals surface area (Å²) in [5.74, 6) is -0.664. The molecule has 0 amide bonds. The highest BCUT2D eigenvalue weighted by Gasteiger charge is 2.20. The number of rotatable bonds is 18. The average Bonchev–Trinajstić information content (AvgIpc) is 2.64. The predicted octanol–water partition coefficient (Wildman–Crippen LogP) is 5.41. The Morgan fingerprint density at radius 1 is 0.700 bits per heavy atom. The van der Waals surface area contributed by atoms with Crippen molar-refractivity contribution in [2.24, 2.45) is 0 Å². The molecular formula is C24H49NO5. The van der Waals surface area contributed by atoms with Gasteiger partial charge in [0.25, 0.3) is 0 Å². The molecule has 0 aromatic heterocycles. The SMILES string of the molecule is CC(O)N(C(C)O)C(C)O.CCCCCCCC/C=C\CCCCCCCC(=O)O. The number of allylic oxidation sites excluding steroid dienone is 2. The maximum Gasteiger partial charge on any atom is 0.303 e. The summed E-state index contributed by atoms with van der Waals surface area (Å²) in [5.41, 5.74) is 0. The molecule has 3 unspecified atom stereocenters. The van der Waals surface area contributed by atoms with Crippen molar-refractivity contribution in [1.82, 2.24) is 4.90 Å². The van der Waals surface area contributed by atoms with Gasteiger partial charge in [-0.25, -0.2) is 4.90 Å². The van der Waals surface area contributed by atoms with Gasteiger partial charge in [0.15, 0.2) is 0 Å². The minimum absolute atomic E-state index is 0.332. The van der Waals surface area contributed by atoms with E-state index in [1.165, 1.54) is 96.3 Å². The van der Waals surface area contributed by atoms with Crippen LogP contribution in [0, 0.1) is 0 Å². The third-order valence-corrected chi connectivity index (χ3v) is 4.95. The summed E-state index contributed by atoms with van der Waals surface area (Å²) in [4.78, 5) is 11.5. The highest BCUT2D eigenvalue weighted by Crippen LogP contribution is 2.10. The van der Waals surface area contributed by atoms with Crippen LogP contribution in [-0.4, -0.2) is 50.0 Å². The fraction of sp³-hybridized carbons (Fsp3) is 0.875. The molecular weight excluding hydrogens is 382 g/mol. The number of aliphatic hydroxyl groups excluding tert-OH is 3. The number of hydrogen-bond donors (Lipinski definition) is 4. The molecule has 0 bridgehead atoms. The van der Waals surface area contributed by atoms with Crippen LogP contribution in [0.3, 0.4) is 0 Å². The van der Waals surface area contributed by atoms with E-state index in [2.05, 4.69) is 19.1 Å². The number of unbranched alkanes of at least 4 members (excludes halogenated alkanes) is 11. The van der Waals surface area contributed by atoms with Crippen LogP contribution >= 0.6 is 0 Å². The van der Waals surface area contributed by atoms with Crippen LogP contribution in [0.1, 0.15) is 118 Å². The van der Waals surface area contributed by atoms with Gasteiger partial charge in [-0.3, -0.25) is 4.79 Å². The molecule has 30 heavy (non-hydrogen) atoms. The van der Waals surface area contributed by atoms with Gasteiger partial charge in [0.2, 0.25) is 0 Å². The number of aliphatic hydroxyl groups is 3. The van der Waals surface area contributed by atoms with E-state index in [0.29, 0.717) is 6.42 Å². The Labute approximate surface area is 185 Å². The van der Waals surface area contributed by atoms with Crippen LogP contribution in [0.2, 0.25) is 0 Å². The maximum atomic E-state index is 10.3. The Kier molecular flexibility index (Phi) is 23.7. The molecule has 0 spiro atoms. The zero-order valence-electron chi connectivity index (χ0n) is 19.9. The normalized spacial score (nSPS) is 14.4. The topological polar surface area (TPSA) is 101 Å². The zero-order valence-corrected chi connectivity index (χ0v) is 19.9. The van der Waals surface area contributed by atoms with Gasteiger partial charge >= 0.3 is 5.97 Å². The van der Waals surface area contributed by atoms with E-state index in [1.54, 1.807) is 0 Å². The molecule has 0 aromatic rings. The highest BCUT2D eigenvalue weighted by molar-refractivity contribution is 5.66. The number of aliphatic carboxylic acids is 1. The van der Waals surface area contributed by atoms with Crippen LogP contribution in [0.15, 0.2) is 12.2 Å². The smallest absolute Gasteiger partial charge is 0.303 e. The van der Waals surface area contributed by atoms with E-state index in [9.17, 15) is 4.79 Å². The predicted molar refractivity (Wildman–Crippen MR) is 124 cm³/mol. The Hall–Kier alpha value is -0.950. The van der Waals surface area contributed by atoms with E-state index in [0.717, 1.165) is 12.8 Å². The van der Waals surface area contributed by atoms with Crippen LogP contribution in [0.4, 0.5) is 0 Å². The molecule has 0 aliphatic heterocycles. The molecule has 4 N–H and O–H groups in total. The fourth-order valence-electron chi connectivity index (χ4n) is 3.28. The number of carbonyl (C=O) groups is 1. The molecule has 180 valence electrons. The molecule has 0 heterocycles. The third-order valence-electron chi connectivity index (χ3n) is 4.95. The van der Waals surface area contributed by atoms with Crippen molar-refractivity contribution < 1.29 is 25.2 Å². The molecule has 0 saturated carbocycles. The summed E-state index contributed by atoms with van der Waals surface area (Å²) in [5, 5.41) is 35.4. The Morgan fingerprint density at radius 3 is 1.40 bits per heavy atom. The molecule has 0 aromatic carbocycles. The van der Waals surface area contributed by atoms with Gasteiger partial charge in [-0.05, 0) is 52.9 Å². The van der Waals surface area contributed by atoms with Gasteiger partial charge < -0.3 is 20.4 Å². The number of hydrogen-bond acceptors (Lipinski definition) is 5. The largest absolute Gasteiger partial charge is 0.481 e. The summed E-state index contributed by atoms with van der Waals surface area (Å²) in [6.07, 6.45) is 18.7. The van der Waals surface area contributed by atoms with Gasteiger partial charge in [-0.2, -0.15) is 0 Å². The van der Waals surface area contributed by atoms with Crippen molar-refractivity contribution in [2.45, 2.75) is 136 Å². The zero-order chi connectivity index (χ0) is 23.2. The van der Waals surface area contributed by atoms with Crippen molar-refractivity contribution in [3.63, 3.8) is 0 Å². The summed E-state index contributed by atoms with van der Waals surface area (Å²) >= 11 is 0. The first kappa shape index (κ1) is 31.2. The van der Waals surface area contributed by atoms with E-state index in [4.69, 9.17) is 20.4 Å². The van der Waals surface area contributed by atoms with Crippen molar-refractivity contribution in [3.8, 4) is 0 Å². The quantitative estimate of drug-likeness (QED) is 0.131. The number of carboxylic acid groups (broad SMARTS) is 1. The second-order valence-electron chi connectivity index (χ2n) is 8.07. The first-order valence-electron chi connectivity index (χ1n) is 11.9. The lowest BCUT2D eigenvalue weighted by atomic mass is 10.1. The molecule has 0 radical (unpaired) electrons. The molecule has 6 heteroatoms. The minimum Gasteiger partial charge on any atom is -0.481 e. The van der Waals surface area contributed by atoms with Crippen LogP contribution in [0.25, 0.3) is 0 Å². The molecule has 6 nitrogen and oxygen atoms in total. The lowest BCUT2D eigenvalue weighted by Crippen LogP contribution is -2.45. The van der Waals surface area contributed by atoms with Crippen molar-refractivity contribution in [3.05, 3.63) is 12.2 Å². The van der Waals surface area contributed by atoms with Crippen LogP contribution < -0.4 is 0 Å². The van der Waals surface area contributed by atoms with Crippen LogP contribution in [-0.2, 0) is 4.79 Å². The second kappa shape index (κ2) is 22.7. The van der Waals surface area contributed by atoms with E-state index in [-0.39, 0.29) is 0 Å². The number of carboxylic acids is 1.